The van der Waals surface area contributed by atoms with Crippen LogP contribution in [0.15, 0.2) is 72.0 Å². The minimum atomic E-state index is -0.474. The number of aromatic nitrogens is 4. The predicted octanol–water partition coefficient (Wildman–Crippen LogP) is 7.38. The highest BCUT2D eigenvalue weighted by molar-refractivity contribution is 8.00. The Kier molecular flexibility index (Phi) is 7.78. The van der Waals surface area contributed by atoms with Gasteiger partial charge in [0.05, 0.1) is 16.4 Å². The van der Waals surface area contributed by atoms with Crippen LogP contribution in [0.5, 0.6) is 11.6 Å². The molecule has 184 valence electrons. The lowest BCUT2D eigenvalue weighted by molar-refractivity contribution is 0.457. The summed E-state index contributed by atoms with van der Waals surface area (Å²) in [5, 5.41) is 4.01. The molecule has 0 atom stereocenters. The van der Waals surface area contributed by atoms with Crippen molar-refractivity contribution in [3.05, 3.63) is 78.0 Å². The lowest BCUT2D eigenvalue weighted by atomic mass is 9.96. The van der Waals surface area contributed by atoms with Crippen molar-refractivity contribution in [1.82, 2.24) is 19.9 Å². The number of benzene rings is 2. The fourth-order valence-electron chi connectivity index (χ4n) is 3.96. The van der Waals surface area contributed by atoms with Crippen LogP contribution >= 0.6 is 23.5 Å². The quantitative estimate of drug-likeness (QED) is 0.232. The zero-order chi connectivity index (χ0) is 24.7. The second kappa shape index (κ2) is 11.5. The van der Waals surface area contributed by atoms with Crippen molar-refractivity contribution in [2.24, 2.45) is 0 Å². The van der Waals surface area contributed by atoms with Gasteiger partial charge >= 0.3 is 0 Å². The molecule has 2 aromatic heterocycles. The molecule has 1 fully saturated rings. The highest BCUT2D eigenvalue weighted by Gasteiger charge is 2.17. The molecule has 1 aliphatic rings. The summed E-state index contributed by atoms with van der Waals surface area (Å²) in [6.45, 7) is 0. The van der Waals surface area contributed by atoms with E-state index in [1.54, 1.807) is 36.7 Å². The van der Waals surface area contributed by atoms with E-state index in [1.807, 2.05) is 18.2 Å². The minimum absolute atomic E-state index is 0.227. The Morgan fingerprint density at radius 2 is 1.78 bits per heavy atom. The maximum atomic E-state index is 14.8. The van der Waals surface area contributed by atoms with Crippen molar-refractivity contribution in [2.45, 2.75) is 43.0 Å². The maximum absolute atomic E-state index is 14.8. The summed E-state index contributed by atoms with van der Waals surface area (Å²) < 4.78 is 23.7. The van der Waals surface area contributed by atoms with Crippen molar-refractivity contribution in [1.29, 1.82) is 0 Å². The third-order valence-electron chi connectivity index (χ3n) is 5.76. The van der Waals surface area contributed by atoms with Crippen LogP contribution in [0.2, 0.25) is 5.02 Å². The fourth-order valence-corrected chi connectivity index (χ4v) is 4.91. The fraction of sp³-hybridized carbons (Fsp3) is 0.231. The van der Waals surface area contributed by atoms with E-state index in [0.717, 1.165) is 17.7 Å². The third kappa shape index (κ3) is 6.03. The number of nitrogens with one attached hydrogen (secondary N) is 2. The average Bonchev–Trinajstić information content (AvgIpc) is 2.90. The van der Waals surface area contributed by atoms with Gasteiger partial charge in [-0.25, -0.2) is 24.3 Å². The summed E-state index contributed by atoms with van der Waals surface area (Å²) in [5.41, 5.74) is 1.32. The van der Waals surface area contributed by atoms with E-state index in [9.17, 15) is 4.39 Å². The predicted molar refractivity (Wildman–Crippen MR) is 141 cm³/mol. The Morgan fingerprint density at radius 1 is 0.944 bits per heavy atom. The van der Waals surface area contributed by atoms with Gasteiger partial charge in [-0.2, -0.15) is 0 Å². The van der Waals surface area contributed by atoms with Gasteiger partial charge in [0, 0.05) is 35.6 Å². The lowest BCUT2D eigenvalue weighted by Crippen LogP contribution is -2.23. The number of hydrogen-bond acceptors (Lipinski definition) is 8. The Hall–Kier alpha value is -3.43. The summed E-state index contributed by atoms with van der Waals surface area (Å²) in [5.74, 6) is 0.592. The smallest absolute Gasteiger partial charge is 0.247 e. The summed E-state index contributed by atoms with van der Waals surface area (Å²) >= 11 is 7.40. The molecule has 0 unspecified atom stereocenters. The van der Waals surface area contributed by atoms with Gasteiger partial charge in [0.15, 0.2) is 11.5 Å². The molecule has 5 rings (SSSR count). The number of nitrogens with zero attached hydrogens (tertiary/aromatic N) is 4. The summed E-state index contributed by atoms with van der Waals surface area (Å²) in [6.07, 6.45) is 10.7. The Balaban J connectivity index is 1.30. The van der Waals surface area contributed by atoms with Crippen LogP contribution in [0.3, 0.4) is 0 Å². The first kappa shape index (κ1) is 24.3. The summed E-state index contributed by atoms with van der Waals surface area (Å²) in [7, 11) is 0. The molecule has 2 heterocycles. The maximum Gasteiger partial charge on any atom is 0.247 e. The van der Waals surface area contributed by atoms with Gasteiger partial charge in [-0.05, 0) is 55.1 Å². The largest absolute Gasteiger partial charge is 0.437 e. The molecular formula is C26H24ClFN6OS. The first-order chi connectivity index (χ1) is 17.7. The van der Waals surface area contributed by atoms with Crippen LogP contribution in [0.1, 0.15) is 32.1 Å². The van der Waals surface area contributed by atoms with Crippen molar-refractivity contribution in [2.75, 3.05) is 10.0 Å². The van der Waals surface area contributed by atoms with Gasteiger partial charge in [-0.1, -0.05) is 43.0 Å². The van der Waals surface area contributed by atoms with Crippen LogP contribution in [0, 0.1) is 5.82 Å². The Labute approximate surface area is 218 Å². The molecule has 2 N–H and O–H groups in total. The monoisotopic (exact) mass is 522 g/mol. The highest BCUT2D eigenvalue weighted by atomic mass is 35.5. The van der Waals surface area contributed by atoms with Gasteiger partial charge in [-0.15, -0.1) is 0 Å². The SMILES string of the molecule is Fc1cc(Oc2nccnc2-c2ccnc(NC3CCCCC3)n2)ccc1NSc1ccccc1Cl. The van der Waals surface area contributed by atoms with E-state index in [2.05, 4.69) is 30.0 Å². The van der Waals surface area contributed by atoms with Crippen molar-refractivity contribution in [3.8, 4) is 23.0 Å². The second-order valence-electron chi connectivity index (χ2n) is 8.33. The molecule has 1 aliphatic carbocycles. The molecule has 0 spiro atoms. The number of halogens is 2. The molecule has 0 amide bonds. The summed E-state index contributed by atoms with van der Waals surface area (Å²) in [6, 6.07) is 14.0. The highest BCUT2D eigenvalue weighted by Crippen LogP contribution is 2.33. The second-order valence-corrected chi connectivity index (χ2v) is 9.59. The molecule has 10 heteroatoms. The molecule has 36 heavy (non-hydrogen) atoms. The molecular weight excluding hydrogens is 499 g/mol. The first-order valence-electron chi connectivity index (χ1n) is 11.7. The van der Waals surface area contributed by atoms with Gasteiger partial charge in [-0.3, -0.25) is 0 Å². The van der Waals surface area contributed by atoms with E-state index in [1.165, 1.54) is 43.5 Å². The standard InChI is InChI=1S/C26H24ClFN6OS/c27-19-8-4-5-9-23(19)36-34-21-11-10-18(16-20(21)28)35-25-24(29-14-15-30-25)22-12-13-31-26(33-22)32-17-6-2-1-3-7-17/h4-5,8-17,34H,1-3,6-7H2,(H,31,32,33). The molecule has 0 saturated heterocycles. The third-order valence-corrected chi connectivity index (χ3v) is 7.10. The van der Waals surface area contributed by atoms with Crippen molar-refractivity contribution in [3.63, 3.8) is 0 Å². The Bertz CT molecular complexity index is 1340. The van der Waals surface area contributed by atoms with Gasteiger partial charge in [0.25, 0.3) is 0 Å². The van der Waals surface area contributed by atoms with Crippen LogP contribution in [-0.2, 0) is 0 Å². The Morgan fingerprint density at radius 3 is 2.61 bits per heavy atom. The first-order valence-corrected chi connectivity index (χ1v) is 12.9. The lowest BCUT2D eigenvalue weighted by Gasteiger charge is -2.22. The van der Waals surface area contributed by atoms with Gasteiger partial charge < -0.3 is 14.8 Å². The molecule has 7 nitrogen and oxygen atoms in total. The number of ether oxygens (including phenoxy) is 1. The van der Waals surface area contributed by atoms with Crippen LogP contribution in [0.4, 0.5) is 16.0 Å². The van der Waals surface area contributed by atoms with E-state index in [4.69, 9.17) is 16.3 Å². The normalized spacial score (nSPS) is 13.8. The zero-order valence-electron chi connectivity index (χ0n) is 19.3. The molecule has 4 aromatic rings. The van der Waals surface area contributed by atoms with Crippen molar-refractivity contribution >= 4 is 35.2 Å². The van der Waals surface area contributed by atoms with Gasteiger partial charge in [0.1, 0.15) is 5.75 Å². The number of anilines is 2. The van der Waals surface area contributed by atoms with E-state index >= 15 is 0 Å². The van der Waals surface area contributed by atoms with E-state index < -0.39 is 5.82 Å². The van der Waals surface area contributed by atoms with Crippen LogP contribution in [0.25, 0.3) is 11.4 Å². The van der Waals surface area contributed by atoms with Gasteiger partial charge in [0.2, 0.25) is 11.8 Å². The number of rotatable bonds is 8. The molecule has 0 bridgehead atoms. The van der Waals surface area contributed by atoms with Crippen LogP contribution < -0.4 is 14.8 Å². The summed E-state index contributed by atoms with van der Waals surface area (Å²) in [4.78, 5) is 18.5. The molecule has 0 aliphatic heterocycles. The molecule has 0 radical (unpaired) electrons. The molecule has 2 aromatic carbocycles. The zero-order valence-corrected chi connectivity index (χ0v) is 20.9. The topological polar surface area (TPSA) is 84.9 Å². The number of hydrogen-bond donors (Lipinski definition) is 2. The average molecular weight is 523 g/mol. The molecule has 1 saturated carbocycles. The van der Waals surface area contributed by atoms with E-state index in [-0.39, 0.29) is 11.6 Å². The van der Waals surface area contributed by atoms with Crippen LogP contribution in [-0.4, -0.2) is 26.0 Å². The van der Waals surface area contributed by atoms with Crippen molar-refractivity contribution < 1.29 is 9.13 Å². The minimum Gasteiger partial charge on any atom is -0.437 e. The van der Waals surface area contributed by atoms with E-state index in [0.29, 0.717) is 34.1 Å².